The van der Waals surface area contributed by atoms with Crippen molar-refractivity contribution >= 4 is 70.4 Å². The molecule has 0 aliphatic heterocycles. The molecular weight excluding hydrogens is 488 g/mol. The maximum absolute atomic E-state index is 13.5. The van der Waals surface area contributed by atoms with E-state index in [1.54, 1.807) is 13.8 Å². The quantitative estimate of drug-likeness (QED) is 0.134. The summed E-state index contributed by atoms with van der Waals surface area (Å²) in [5.41, 5.74) is 0.166. The van der Waals surface area contributed by atoms with Gasteiger partial charge in [-0.25, -0.2) is 0 Å². The van der Waals surface area contributed by atoms with Crippen LogP contribution in [0.1, 0.15) is 29.2 Å². The third-order valence-electron chi connectivity index (χ3n) is 8.51. The van der Waals surface area contributed by atoms with Crippen LogP contribution in [0.5, 0.6) is 23.0 Å². The first-order valence-electron chi connectivity index (χ1n) is 12.1. The van der Waals surface area contributed by atoms with Gasteiger partial charge in [-0.3, -0.25) is 9.59 Å². The van der Waals surface area contributed by atoms with Gasteiger partial charge in [0.15, 0.2) is 10.9 Å². The minimum absolute atomic E-state index is 0.00223. The normalized spacial score (nSPS) is 16.1. The lowest BCUT2D eigenvalue weighted by molar-refractivity contribution is 0.171. The summed E-state index contributed by atoms with van der Waals surface area (Å²) in [5, 5.41) is 70.4. The Morgan fingerprint density at radius 1 is 0.579 bits per heavy atom. The van der Waals surface area contributed by atoms with Crippen LogP contribution in [0.4, 0.5) is 0 Å². The summed E-state index contributed by atoms with van der Waals surface area (Å²) in [5.74, 6) is -1.86. The Kier molecular flexibility index (Phi) is 3.46. The van der Waals surface area contributed by atoms with E-state index in [9.17, 15) is 40.2 Å². The smallest absolute Gasteiger partial charge is 0.190 e. The summed E-state index contributed by atoms with van der Waals surface area (Å²) in [4.78, 5) is 26.8. The predicted octanol–water partition coefficient (Wildman–Crippen LogP) is 3.90. The summed E-state index contributed by atoms with van der Waals surface area (Å²) < 4.78 is 0. The minimum Gasteiger partial charge on any atom is -0.512 e. The molecule has 0 amide bonds. The first kappa shape index (κ1) is 21.3. The Morgan fingerprint density at radius 2 is 1.08 bits per heavy atom. The Labute approximate surface area is 211 Å². The van der Waals surface area contributed by atoms with Crippen LogP contribution in [0.3, 0.4) is 0 Å². The van der Waals surface area contributed by atoms with Crippen molar-refractivity contribution in [3.8, 4) is 23.0 Å². The number of phenolic OH excluding ortho intramolecular Hbond substituents is 4. The average molecular weight is 506 g/mol. The van der Waals surface area contributed by atoms with Crippen molar-refractivity contribution in [2.75, 3.05) is 0 Å². The van der Waals surface area contributed by atoms with Gasteiger partial charge in [-0.2, -0.15) is 0 Å². The molecule has 8 rings (SSSR count). The van der Waals surface area contributed by atoms with E-state index in [1.807, 2.05) is 0 Å². The monoisotopic (exact) mass is 506 g/mol. The van der Waals surface area contributed by atoms with E-state index in [1.165, 1.54) is 12.1 Å². The van der Waals surface area contributed by atoms with E-state index in [-0.39, 0.29) is 61.0 Å². The number of hydrogen-bond donors (Lipinski definition) is 6. The van der Waals surface area contributed by atoms with E-state index in [2.05, 4.69) is 0 Å². The second kappa shape index (κ2) is 6.17. The molecule has 1 unspecified atom stereocenters. The van der Waals surface area contributed by atoms with Gasteiger partial charge < -0.3 is 30.6 Å². The van der Waals surface area contributed by atoms with Crippen molar-refractivity contribution in [1.82, 2.24) is 0 Å². The number of hydrogen-bond acceptors (Lipinski definition) is 8. The molecule has 1 aliphatic rings. The molecule has 8 nitrogen and oxygen atoms in total. The maximum atomic E-state index is 13.5. The van der Waals surface area contributed by atoms with Gasteiger partial charge in [-0.1, -0.05) is 0 Å². The summed E-state index contributed by atoms with van der Waals surface area (Å²) in [6.45, 7) is 3.52. The molecule has 7 aromatic rings. The van der Waals surface area contributed by atoms with Gasteiger partial charge in [0.25, 0.3) is 0 Å². The fourth-order valence-corrected chi connectivity index (χ4v) is 7.24. The Hall–Kier alpha value is -4.82. The molecule has 186 valence electrons. The highest BCUT2D eigenvalue weighted by Gasteiger charge is 2.35. The van der Waals surface area contributed by atoms with E-state index >= 15 is 0 Å². The zero-order valence-electron chi connectivity index (χ0n) is 20.0. The molecule has 8 heteroatoms. The topological polar surface area (TPSA) is 156 Å². The fourth-order valence-electron chi connectivity index (χ4n) is 7.24. The molecule has 0 saturated carbocycles. The van der Waals surface area contributed by atoms with Gasteiger partial charge in [0.1, 0.15) is 28.8 Å². The summed E-state index contributed by atoms with van der Waals surface area (Å²) >= 11 is 0. The summed E-state index contributed by atoms with van der Waals surface area (Å²) in [6.07, 6.45) is -1.67. The van der Waals surface area contributed by atoms with Crippen molar-refractivity contribution in [3.05, 3.63) is 60.6 Å². The van der Waals surface area contributed by atoms with Gasteiger partial charge in [-0.05, 0) is 47.9 Å². The number of phenols is 4. The van der Waals surface area contributed by atoms with Crippen LogP contribution >= 0.6 is 0 Å². The summed E-state index contributed by atoms with van der Waals surface area (Å²) in [6, 6.07) is 3.83. The Balaban J connectivity index is 2.02. The Bertz CT molecular complexity index is 2440. The highest BCUT2D eigenvalue weighted by molar-refractivity contribution is 6.47. The molecule has 0 bridgehead atoms. The highest BCUT2D eigenvalue weighted by atomic mass is 16.3. The van der Waals surface area contributed by atoms with Crippen molar-refractivity contribution < 1.29 is 30.6 Å². The number of aliphatic hydroxyl groups excluding tert-OH is 2. The van der Waals surface area contributed by atoms with Gasteiger partial charge in [0.2, 0.25) is 0 Å². The largest absolute Gasteiger partial charge is 0.512 e. The second-order valence-corrected chi connectivity index (χ2v) is 10.5. The lowest BCUT2D eigenvalue weighted by Crippen LogP contribution is -2.25. The molecule has 0 radical (unpaired) electrons. The van der Waals surface area contributed by atoms with Crippen molar-refractivity contribution in [1.29, 1.82) is 0 Å². The summed E-state index contributed by atoms with van der Waals surface area (Å²) in [7, 11) is 0. The molecular formula is C30H18O8. The van der Waals surface area contributed by atoms with Gasteiger partial charge in [-0.15, -0.1) is 0 Å². The number of benzene rings is 7. The van der Waals surface area contributed by atoms with Gasteiger partial charge in [0, 0.05) is 61.0 Å². The zero-order valence-corrected chi connectivity index (χ0v) is 20.0. The fraction of sp³-hybridized carbons (Fsp3) is 0.133. The molecule has 7 aromatic carbocycles. The molecule has 0 saturated heterocycles. The molecule has 0 fully saturated rings. The van der Waals surface area contributed by atoms with E-state index in [0.29, 0.717) is 43.4 Å². The number of aliphatic hydroxyl groups is 2. The average Bonchev–Trinajstić information content (AvgIpc) is 2.82. The molecule has 1 aliphatic carbocycles. The Morgan fingerprint density at radius 3 is 1.76 bits per heavy atom. The molecule has 0 spiro atoms. The molecule has 0 heterocycles. The number of rotatable bonds is 0. The van der Waals surface area contributed by atoms with Crippen LogP contribution in [-0.2, 0) is 0 Å². The number of fused-ring (bicyclic) bond motifs is 2. The lowest BCUT2D eigenvalue weighted by Gasteiger charge is -2.28. The van der Waals surface area contributed by atoms with Crippen LogP contribution in [-0.4, -0.2) is 30.6 Å². The van der Waals surface area contributed by atoms with Crippen LogP contribution in [0, 0.1) is 13.8 Å². The SMILES string of the molecule is Cc1cc(O)c2c(O)c3c(O)cc(=O)c4c5c6c(c(O)c7c(=O)cc(C)c8c1c2c(c34)c6c78)C(O)CC=5O. The molecule has 6 N–H and O–H groups in total. The van der Waals surface area contributed by atoms with Crippen molar-refractivity contribution in [2.24, 2.45) is 0 Å². The minimum atomic E-state index is -1.36. The highest BCUT2D eigenvalue weighted by Crippen LogP contribution is 2.56. The van der Waals surface area contributed by atoms with Crippen molar-refractivity contribution in [3.63, 3.8) is 0 Å². The maximum Gasteiger partial charge on any atom is 0.190 e. The molecule has 1 atom stereocenters. The van der Waals surface area contributed by atoms with E-state index in [0.717, 1.165) is 6.07 Å². The first-order valence-corrected chi connectivity index (χ1v) is 12.1. The third-order valence-corrected chi connectivity index (χ3v) is 8.51. The van der Waals surface area contributed by atoms with Crippen LogP contribution in [0.2, 0.25) is 0 Å². The standard InChI is InChI=1S/C30H18O8/c1-7-3-9(31)19-23-15(7)16-8(2)4-10(32)20-24(16)28-26-18(12(34)6-14(36)22(26)30(20)38)17-11(33)5-13(35)21(29(19)37)25(17)27(23)28/h3-5,14,31,34-38H,6H2,1-2H3. The number of aryl methyl sites for hydroxylation is 2. The molecule has 0 aromatic heterocycles. The van der Waals surface area contributed by atoms with Crippen LogP contribution in [0.25, 0.3) is 70.4 Å². The van der Waals surface area contributed by atoms with Gasteiger partial charge >= 0.3 is 0 Å². The number of aromatic hydroxyl groups is 4. The van der Waals surface area contributed by atoms with Crippen molar-refractivity contribution in [2.45, 2.75) is 26.4 Å². The van der Waals surface area contributed by atoms with Gasteiger partial charge in [0.05, 0.1) is 22.3 Å². The zero-order chi connectivity index (χ0) is 26.7. The van der Waals surface area contributed by atoms with Crippen LogP contribution < -0.4 is 16.1 Å². The third kappa shape index (κ3) is 2.00. The van der Waals surface area contributed by atoms with E-state index < -0.39 is 34.2 Å². The first-order chi connectivity index (χ1) is 18.0. The van der Waals surface area contributed by atoms with E-state index in [4.69, 9.17) is 0 Å². The van der Waals surface area contributed by atoms with Crippen LogP contribution in [0.15, 0.2) is 27.8 Å². The molecule has 38 heavy (non-hydrogen) atoms. The predicted molar refractivity (Wildman–Crippen MR) is 145 cm³/mol. The second-order valence-electron chi connectivity index (χ2n) is 10.5. The lowest BCUT2D eigenvalue weighted by atomic mass is 9.76.